The number of nitrogens with one attached hydrogen (secondary N) is 1. The minimum atomic E-state index is -0.181. The zero-order valence-corrected chi connectivity index (χ0v) is 29.0. The second kappa shape index (κ2) is 15.6. The molecule has 14 heteroatoms. The van der Waals surface area contributed by atoms with Crippen LogP contribution in [0.15, 0.2) is 49.4 Å². The lowest BCUT2D eigenvalue weighted by molar-refractivity contribution is 0.00499. The predicted molar refractivity (Wildman–Crippen MR) is 183 cm³/mol. The van der Waals surface area contributed by atoms with Gasteiger partial charge in [-0.15, -0.1) is 5.10 Å². The highest BCUT2D eigenvalue weighted by Gasteiger charge is 2.29. The lowest BCUT2D eigenvalue weighted by atomic mass is 9.90. The molecule has 0 radical (unpaired) electrons. The van der Waals surface area contributed by atoms with E-state index in [1.54, 1.807) is 30.5 Å². The van der Waals surface area contributed by atoms with Gasteiger partial charge in [-0.1, -0.05) is 31.5 Å². The van der Waals surface area contributed by atoms with Crippen LogP contribution in [0.5, 0.6) is 11.6 Å². The number of hydrogen-bond donors (Lipinski definition) is 1. The van der Waals surface area contributed by atoms with Crippen LogP contribution in [0, 0.1) is 5.41 Å². The van der Waals surface area contributed by atoms with Crippen LogP contribution in [0.4, 0.5) is 11.6 Å². The molecule has 1 saturated heterocycles. The molecule has 48 heavy (non-hydrogen) atoms. The molecule has 0 bridgehead atoms. The van der Waals surface area contributed by atoms with Gasteiger partial charge in [0.05, 0.1) is 50.2 Å². The van der Waals surface area contributed by atoms with Crippen molar-refractivity contribution in [2.24, 2.45) is 5.41 Å². The maximum absolute atomic E-state index is 6.48. The fourth-order valence-corrected chi connectivity index (χ4v) is 6.52. The number of aromatic nitrogens is 7. The largest absolute Gasteiger partial charge is 0.487 e. The van der Waals surface area contributed by atoms with Gasteiger partial charge in [-0.05, 0) is 50.3 Å². The molecule has 258 valence electrons. The number of nitrogens with zero attached hydrogens (tertiary/aromatic N) is 8. The van der Waals surface area contributed by atoms with E-state index in [9.17, 15) is 0 Å². The standard InChI is InChI=1S/C34H46ClN9O4/c1-24(18-43-23-36-22-39-43)48-31-15-25(5-10-29(31)35)26-16-37-33(38-17-26)40-30-19-44(41-32(30)47-21-34(2,3)20-45-4)28-8-6-27(7-9-28)42-11-13-46-14-12-42/h5,10,15-17,19,22-24,27-28H,6-9,11-14,18,20-21H2,1-4H3,(H,37,38,40)/t24-,27?,28?/m0/s1. The Labute approximate surface area is 286 Å². The molecule has 1 aliphatic carbocycles. The average molecular weight is 680 g/mol. The molecule has 0 amide bonds. The quantitative estimate of drug-likeness (QED) is 0.177. The van der Waals surface area contributed by atoms with E-state index < -0.39 is 0 Å². The number of anilines is 2. The van der Waals surface area contributed by atoms with Gasteiger partial charge in [-0.25, -0.2) is 19.6 Å². The lowest BCUT2D eigenvalue weighted by Gasteiger charge is -2.38. The van der Waals surface area contributed by atoms with Gasteiger partial charge in [0.2, 0.25) is 5.95 Å². The molecule has 4 aromatic rings. The Hall–Kier alpha value is -3.78. The number of methoxy groups -OCH3 is 1. The zero-order valence-electron chi connectivity index (χ0n) is 28.2. The molecule has 0 unspecified atom stereocenters. The van der Waals surface area contributed by atoms with Crippen molar-refractivity contribution in [2.45, 2.75) is 71.2 Å². The molecule has 2 aliphatic rings. The third-order valence-electron chi connectivity index (χ3n) is 8.84. The smallest absolute Gasteiger partial charge is 0.256 e. The molecule has 3 aromatic heterocycles. The van der Waals surface area contributed by atoms with Gasteiger partial charge in [0, 0.05) is 49.6 Å². The van der Waals surface area contributed by atoms with E-state index in [-0.39, 0.29) is 11.5 Å². The van der Waals surface area contributed by atoms with Crippen molar-refractivity contribution < 1.29 is 18.9 Å². The molecule has 1 aliphatic heterocycles. The first-order valence-electron chi connectivity index (χ1n) is 16.7. The van der Waals surface area contributed by atoms with Gasteiger partial charge < -0.3 is 24.3 Å². The number of morpholine rings is 1. The van der Waals surface area contributed by atoms with Gasteiger partial charge >= 0.3 is 0 Å². The summed E-state index contributed by atoms with van der Waals surface area (Å²) in [5, 5.41) is 13.0. The second-order valence-corrected chi connectivity index (χ2v) is 13.8. The normalized spacial score (nSPS) is 19.6. The minimum absolute atomic E-state index is 0.167. The zero-order chi connectivity index (χ0) is 33.5. The highest BCUT2D eigenvalue weighted by Crippen LogP contribution is 2.36. The molecule has 0 spiro atoms. The van der Waals surface area contributed by atoms with Crippen LogP contribution in [0.1, 0.15) is 52.5 Å². The summed E-state index contributed by atoms with van der Waals surface area (Å²) in [4.78, 5) is 15.8. The molecule has 1 aromatic carbocycles. The summed E-state index contributed by atoms with van der Waals surface area (Å²) in [6.07, 6.45) is 13.0. The van der Waals surface area contributed by atoms with Crippen molar-refractivity contribution >= 4 is 23.2 Å². The van der Waals surface area contributed by atoms with Crippen LogP contribution in [0.3, 0.4) is 0 Å². The topological polar surface area (TPSA) is 127 Å². The van der Waals surface area contributed by atoms with E-state index in [2.05, 4.69) is 48.8 Å². The van der Waals surface area contributed by atoms with E-state index in [1.807, 2.05) is 31.3 Å². The van der Waals surface area contributed by atoms with Crippen LogP contribution >= 0.6 is 11.6 Å². The molecule has 1 saturated carbocycles. The Morgan fingerprint density at radius 1 is 1.04 bits per heavy atom. The van der Waals surface area contributed by atoms with Gasteiger partial charge in [-0.3, -0.25) is 9.58 Å². The van der Waals surface area contributed by atoms with Gasteiger partial charge in [0.1, 0.15) is 30.2 Å². The third kappa shape index (κ3) is 8.81. The SMILES string of the molecule is COCC(C)(C)COc1nn(C2CCC(N3CCOCC3)CC2)cc1Nc1ncc(-c2ccc(Cl)c(O[C@@H](C)Cn3cncn3)c2)cn1. The molecule has 1 N–H and O–H groups in total. The molecule has 13 nitrogen and oxygen atoms in total. The van der Waals surface area contributed by atoms with Crippen molar-refractivity contribution in [1.82, 2.24) is 39.4 Å². The molecule has 2 fully saturated rings. The van der Waals surface area contributed by atoms with E-state index in [1.165, 1.54) is 6.33 Å². The van der Waals surface area contributed by atoms with Crippen molar-refractivity contribution in [1.29, 1.82) is 0 Å². The summed E-state index contributed by atoms with van der Waals surface area (Å²) in [6.45, 7) is 11.5. The van der Waals surface area contributed by atoms with Crippen molar-refractivity contribution in [3.05, 3.63) is 54.5 Å². The Morgan fingerprint density at radius 2 is 1.79 bits per heavy atom. The summed E-state index contributed by atoms with van der Waals surface area (Å²) in [7, 11) is 1.71. The number of rotatable bonds is 14. The van der Waals surface area contributed by atoms with Crippen LogP contribution in [-0.4, -0.2) is 98.2 Å². The molecule has 1 atom stereocenters. The van der Waals surface area contributed by atoms with Crippen molar-refractivity contribution in [3.63, 3.8) is 0 Å². The maximum atomic E-state index is 6.48. The fraction of sp³-hybridized carbons (Fsp3) is 0.559. The summed E-state index contributed by atoms with van der Waals surface area (Å²) < 4.78 is 27.2. The van der Waals surface area contributed by atoms with Crippen LogP contribution in [0.25, 0.3) is 11.1 Å². The first-order chi connectivity index (χ1) is 23.3. The summed E-state index contributed by atoms with van der Waals surface area (Å²) in [5.74, 6) is 1.55. The first-order valence-corrected chi connectivity index (χ1v) is 17.0. The molecule has 6 rings (SSSR count). The van der Waals surface area contributed by atoms with Crippen LogP contribution < -0.4 is 14.8 Å². The number of ether oxygens (including phenoxy) is 4. The number of hydrogen-bond acceptors (Lipinski definition) is 11. The van der Waals surface area contributed by atoms with Crippen LogP contribution in [0.2, 0.25) is 5.02 Å². The Balaban J connectivity index is 1.14. The van der Waals surface area contributed by atoms with E-state index in [0.717, 1.165) is 68.8 Å². The third-order valence-corrected chi connectivity index (χ3v) is 9.15. The van der Waals surface area contributed by atoms with Crippen LogP contribution in [-0.2, 0) is 16.0 Å². The Morgan fingerprint density at radius 3 is 2.50 bits per heavy atom. The van der Waals surface area contributed by atoms with Gasteiger partial charge in [0.15, 0.2) is 0 Å². The summed E-state index contributed by atoms with van der Waals surface area (Å²) in [6, 6.07) is 6.56. The lowest BCUT2D eigenvalue weighted by Crippen LogP contribution is -2.45. The monoisotopic (exact) mass is 679 g/mol. The summed E-state index contributed by atoms with van der Waals surface area (Å²) in [5.41, 5.74) is 2.27. The second-order valence-electron chi connectivity index (χ2n) is 13.4. The molecule has 4 heterocycles. The van der Waals surface area contributed by atoms with E-state index in [0.29, 0.717) is 54.4 Å². The Kier molecular flexibility index (Phi) is 11.1. The first kappa shape index (κ1) is 34.1. The fourth-order valence-electron chi connectivity index (χ4n) is 6.36. The number of benzene rings is 1. The van der Waals surface area contributed by atoms with Crippen molar-refractivity contribution in [2.75, 3.05) is 51.9 Å². The van der Waals surface area contributed by atoms with Crippen molar-refractivity contribution in [3.8, 4) is 22.8 Å². The average Bonchev–Trinajstić information content (AvgIpc) is 3.76. The van der Waals surface area contributed by atoms with Gasteiger partial charge in [0.25, 0.3) is 5.88 Å². The number of halogens is 1. The predicted octanol–water partition coefficient (Wildman–Crippen LogP) is 5.66. The minimum Gasteiger partial charge on any atom is -0.487 e. The highest BCUT2D eigenvalue weighted by atomic mass is 35.5. The van der Waals surface area contributed by atoms with E-state index in [4.69, 9.17) is 35.6 Å². The van der Waals surface area contributed by atoms with E-state index >= 15 is 0 Å². The molecular weight excluding hydrogens is 634 g/mol. The maximum Gasteiger partial charge on any atom is 0.256 e. The Bertz CT molecular complexity index is 1580. The highest BCUT2D eigenvalue weighted by molar-refractivity contribution is 6.32. The summed E-state index contributed by atoms with van der Waals surface area (Å²) >= 11 is 6.48. The molecular formula is C34H46ClN9O4. The van der Waals surface area contributed by atoms with Gasteiger partial charge in [-0.2, -0.15) is 5.10 Å².